The van der Waals surface area contributed by atoms with Gasteiger partial charge in [0.25, 0.3) is 0 Å². The fourth-order valence-corrected chi connectivity index (χ4v) is 4.99. The zero-order valence-electron chi connectivity index (χ0n) is 41.4. The smallest absolute Gasteiger partial charge is 0.0622 e. The average Bonchev–Trinajstić information content (AvgIpc) is 3.24. The summed E-state index contributed by atoms with van der Waals surface area (Å²) in [6, 6.07) is -8.72. The van der Waals surface area contributed by atoms with Crippen LogP contribution in [0.25, 0.3) is 76.5 Å². The van der Waals surface area contributed by atoms with Gasteiger partial charge in [-0.1, -0.05) is 151 Å². The third-order valence-corrected chi connectivity index (χ3v) is 6.69. The molecule has 0 radical (unpaired) electrons. The van der Waals surface area contributed by atoms with Crippen molar-refractivity contribution in [3.8, 4) is 33.4 Å². The summed E-state index contributed by atoms with van der Waals surface area (Å²) in [4.78, 5) is 0. The lowest BCUT2D eigenvalue weighted by Gasteiger charge is -2.18. The van der Waals surface area contributed by atoms with Gasteiger partial charge in [-0.15, -0.1) is 0 Å². The Morgan fingerprint density at radius 2 is 0.825 bits per heavy atom. The van der Waals surface area contributed by atoms with Crippen molar-refractivity contribution < 1.29 is 28.8 Å². The van der Waals surface area contributed by atoms with Crippen molar-refractivity contribution in [3.63, 3.8) is 0 Å². The first-order valence-electron chi connectivity index (χ1n) is 22.7. The lowest BCUT2D eigenvalue weighted by atomic mass is 9.85. The quantitative estimate of drug-likeness (QED) is 0.200. The number of hydrogen-bond donors (Lipinski definition) is 0. The van der Waals surface area contributed by atoms with Crippen LogP contribution in [0.3, 0.4) is 0 Å². The summed E-state index contributed by atoms with van der Waals surface area (Å²) in [5, 5.41) is -3.65. The second-order valence-electron chi connectivity index (χ2n) is 8.87. The van der Waals surface area contributed by atoms with E-state index in [4.69, 9.17) is 17.8 Å². The van der Waals surface area contributed by atoms with E-state index in [9.17, 15) is 11.0 Å². The summed E-state index contributed by atoms with van der Waals surface area (Å²) >= 11 is 0. The maximum absolute atomic E-state index is 9.91. The number of benzene rings is 8. The molecule has 0 nitrogen and oxygen atoms in total. The van der Waals surface area contributed by atoms with Crippen LogP contribution >= 0.6 is 0 Å². The summed E-state index contributed by atoms with van der Waals surface area (Å²) in [7, 11) is 0. The van der Waals surface area contributed by atoms with Crippen molar-refractivity contribution in [2.75, 3.05) is 0 Å². The molecule has 0 aliphatic rings. The molecule has 0 heterocycles. The van der Waals surface area contributed by atoms with Crippen molar-refractivity contribution in [2.45, 2.75) is 0 Å². The summed E-state index contributed by atoms with van der Waals surface area (Å²) in [5.41, 5.74) is -2.20. The van der Waals surface area contributed by atoms with E-state index in [1.807, 2.05) is 0 Å². The molecule has 0 amide bonds. The molecular formula is C40H26. The molecule has 0 bridgehead atoms. The Morgan fingerprint density at radius 1 is 0.350 bits per heavy atom. The molecular weight excluding hydrogens is 480 g/mol. The minimum Gasteiger partial charge on any atom is -0.0622 e. The average molecular weight is 528 g/mol. The lowest BCUT2D eigenvalue weighted by Crippen LogP contribution is -1.91. The Morgan fingerprint density at radius 3 is 1.45 bits per heavy atom. The first-order valence-corrected chi connectivity index (χ1v) is 12.2. The van der Waals surface area contributed by atoms with Crippen LogP contribution < -0.4 is 0 Å². The first kappa shape index (κ1) is 10.1. The molecule has 0 spiro atoms. The minimum atomic E-state index is -0.897. The van der Waals surface area contributed by atoms with E-state index < -0.39 is 181 Å². The molecule has 0 atom stereocenters. The first-order chi connectivity index (χ1) is 28.6. The monoisotopic (exact) mass is 527 g/mol. The van der Waals surface area contributed by atoms with Crippen LogP contribution in [0.15, 0.2) is 157 Å². The number of rotatable bonds is 3. The molecule has 0 aliphatic carbocycles. The van der Waals surface area contributed by atoms with Gasteiger partial charge >= 0.3 is 0 Å². The van der Waals surface area contributed by atoms with E-state index in [1.165, 1.54) is 0 Å². The van der Waals surface area contributed by atoms with Crippen molar-refractivity contribution >= 4 is 43.1 Å². The van der Waals surface area contributed by atoms with Crippen LogP contribution in [0, 0.1) is 0 Å². The highest BCUT2D eigenvalue weighted by molar-refractivity contribution is 6.22. The van der Waals surface area contributed by atoms with Gasteiger partial charge in [-0.2, -0.15) is 0 Å². The van der Waals surface area contributed by atoms with Crippen molar-refractivity contribution in [3.05, 3.63) is 157 Å². The normalized spacial score (nSPS) is 18.9. The predicted molar refractivity (Wildman–Crippen MR) is 173 cm³/mol. The molecule has 0 aliphatic heterocycles. The molecule has 8 rings (SSSR count). The highest BCUT2D eigenvalue weighted by Crippen LogP contribution is 2.44. The van der Waals surface area contributed by atoms with Gasteiger partial charge in [0.2, 0.25) is 0 Å². The fraction of sp³-hybridized carbons (Fsp3) is 0. The Balaban J connectivity index is 1.75. The second kappa shape index (κ2) is 9.22. The molecule has 0 saturated heterocycles. The molecule has 186 valence electrons. The Hall–Kier alpha value is -5.20. The number of hydrogen-bond acceptors (Lipinski definition) is 0. The van der Waals surface area contributed by atoms with Gasteiger partial charge in [0, 0.05) is 0 Å². The van der Waals surface area contributed by atoms with Gasteiger partial charge in [0.1, 0.15) is 0 Å². The standard InChI is InChI=1S/C40H26/c1-2-13-29(14-3-1)39-34-18-6-8-20-36(34)40(37-21-9-7-19-35(37)39)30-25-24-28-16-11-23-33(38(28)26-30)32-22-10-15-27-12-4-5-17-31(27)32/h1-26H/i4D,5D,6D,7D,8D,9D,10D,11D,12D,15D,16D,17D,18D,19D,20D,21D,22D,23D,24D,25D,26D. The molecule has 8 aromatic rings. The van der Waals surface area contributed by atoms with E-state index in [-0.39, 0.29) is 21.9 Å². The molecule has 0 heteroatoms. The molecule has 0 saturated carbocycles. The van der Waals surface area contributed by atoms with E-state index >= 15 is 0 Å². The summed E-state index contributed by atoms with van der Waals surface area (Å²) < 4.78 is 188. The van der Waals surface area contributed by atoms with Crippen LogP contribution in [0.4, 0.5) is 0 Å². The van der Waals surface area contributed by atoms with Crippen molar-refractivity contribution in [1.82, 2.24) is 0 Å². The van der Waals surface area contributed by atoms with Gasteiger partial charge in [-0.3, -0.25) is 0 Å². The van der Waals surface area contributed by atoms with E-state index in [0.29, 0.717) is 0 Å². The third kappa shape index (κ3) is 3.54. The Labute approximate surface area is 263 Å². The molecule has 0 N–H and O–H groups in total. The molecule has 0 fully saturated rings. The maximum atomic E-state index is 9.91. The van der Waals surface area contributed by atoms with Gasteiger partial charge in [0.15, 0.2) is 0 Å². The molecule has 0 unspecified atom stereocenters. The van der Waals surface area contributed by atoms with Crippen LogP contribution in [-0.4, -0.2) is 0 Å². The second-order valence-corrected chi connectivity index (χ2v) is 8.87. The zero-order chi connectivity index (χ0) is 44.7. The largest absolute Gasteiger partial charge is 0.0636 e. The van der Waals surface area contributed by atoms with Gasteiger partial charge in [-0.25, -0.2) is 0 Å². The summed E-state index contributed by atoms with van der Waals surface area (Å²) in [6.45, 7) is 0. The van der Waals surface area contributed by atoms with Crippen molar-refractivity contribution in [1.29, 1.82) is 0 Å². The Bertz CT molecular complexity index is 3270. The highest BCUT2D eigenvalue weighted by Gasteiger charge is 2.17. The van der Waals surface area contributed by atoms with Crippen LogP contribution in [0.1, 0.15) is 28.8 Å². The van der Waals surface area contributed by atoms with Crippen molar-refractivity contribution in [2.24, 2.45) is 0 Å². The van der Waals surface area contributed by atoms with Gasteiger partial charge in [0.05, 0.1) is 28.8 Å². The van der Waals surface area contributed by atoms with E-state index in [2.05, 4.69) is 0 Å². The SMILES string of the molecule is [2H]c1c([2H])c([2H])c2c(-c3c([2H])c([2H])c([2H])c4c([2H])c([2H])c(-c5c6c([2H])c([2H])c([2H])c([2H])c6c(-c6ccccc6)c6c([2H])c([2H])c([2H])c([2H])c56)c([2H])c34)c([2H])c([2H])c([2H])c2c1[2H]. The molecule has 0 aromatic heterocycles. The van der Waals surface area contributed by atoms with Gasteiger partial charge in [-0.05, 0) is 82.5 Å². The fourth-order valence-electron chi connectivity index (χ4n) is 4.99. The molecule has 8 aromatic carbocycles. The van der Waals surface area contributed by atoms with Crippen LogP contribution in [-0.2, 0) is 0 Å². The summed E-state index contributed by atoms with van der Waals surface area (Å²) in [6.07, 6.45) is 0. The van der Waals surface area contributed by atoms with Crippen LogP contribution in [0.2, 0.25) is 0 Å². The van der Waals surface area contributed by atoms with E-state index in [0.717, 1.165) is 0 Å². The van der Waals surface area contributed by atoms with Crippen LogP contribution in [0.5, 0.6) is 0 Å². The topological polar surface area (TPSA) is 0 Å². The van der Waals surface area contributed by atoms with Gasteiger partial charge < -0.3 is 0 Å². The number of fused-ring (bicyclic) bond motifs is 4. The minimum absolute atomic E-state index is 0.0300. The highest BCUT2D eigenvalue weighted by atomic mass is 14.2. The third-order valence-electron chi connectivity index (χ3n) is 6.69. The summed E-state index contributed by atoms with van der Waals surface area (Å²) in [5.74, 6) is 0. The molecule has 40 heavy (non-hydrogen) atoms. The predicted octanol–water partition coefficient (Wildman–Crippen LogP) is 11.3. The zero-order valence-corrected chi connectivity index (χ0v) is 20.4. The van der Waals surface area contributed by atoms with E-state index in [1.54, 1.807) is 30.3 Å². The lowest BCUT2D eigenvalue weighted by molar-refractivity contribution is 1.66. The maximum Gasteiger partial charge on any atom is 0.0636 e. The Kier molecular flexibility index (Phi) is 2.32.